The number of aromatic nitrogens is 12. The highest BCUT2D eigenvalue weighted by Crippen LogP contribution is 2.46. The molecule has 0 unspecified atom stereocenters. The second-order valence-corrected chi connectivity index (χ2v) is 34.1. The second-order valence-electron chi connectivity index (χ2n) is 32.1. The van der Waals surface area contributed by atoms with E-state index in [4.69, 9.17) is 23.7 Å². The molecule has 0 radical (unpaired) electrons. The van der Waals surface area contributed by atoms with Gasteiger partial charge in [-0.3, -0.25) is 24.2 Å². The zero-order chi connectivity index (χ0) is 90.0. The lowest BCUT2D eigenvalue weighted by molar-refractivity contribution is 0.0709. The molecule has 0 fully saturated rings. The molecule has 10 aromatic heterocycles. The van der Waals surface area contributed by atoms with Crippen molar-refractivity contribution in [2.24, 2.45) is 0 Å². The molecule has 130 heavy (non-hydrogen) atoms. The number of hydrogen-bond acceptors (Lipinski definition) is 19. The van der Waals surface area contributed by atoms with Crippen molar-refractivity contribution >= 4 is 79.5 Å². The molecule has 0 spiro atoms. The van der Waals surface area contributed by atoms with Gasteiger partial charge in [-0.1, -0.05) is 136 Å². The van der Waals surface area contributed by atoms with Gasteiger partial charge in [0.1, 0.15) is 34.3 Å². The van der Waals surface area contributed by atoms with Crippen LogP contribution in [0.3, 0.4) is 0 Å². The summed E-state index contributed by atoms with van der Waals surface area (Å²) >= 11 is 3.43. The summed E-state index contributed by atoms with van der Waals surface area (Å²) in [6.07, 6.45) is 9.81. The Morgan fingerprint density at radius 1 is 0.454 bits per heavy atom. The monoisotopic (exact) mass is 1760 g/mol. The highest BCUT2D eigenvalue weighted by molar-refractivity contribution is 7.10. The molecule has 0 bridgehead atoms. The number of furan rings is 1. The molecular weight excluding hydrogens is 1670 g/mol. The minimum absolute atomic E-state index is 0.00367. The Hall–Kier alpha value is -15.6. The van der Waals surface area contributed by atoms with Crippen molar-refractivity contribution < 1.29 is 37.8 Å². The first kappa shape index (κ1) is 85.3. The summed E-state index contributed by atoms with van der Waals surface area (Å²) in [7, 11) is 14.4. The van der Waals surface area contributed by atoms with Gasteiger partial charge >= 0.3 is 0 Å². The Kier molecular flexibility index (Phi) is 24.1. The minimum atomic E-state index is -0.111. The molecule has 0 aliphatic carbocycles. The first-order valence-electron chi connectivity index (χ1n) is 42.6. The van der Waals surface area contributed by atoms with E-state index in [1.54, 1.807) is 105 Å². The molecule has 26 nitrogen and oxygen atoms in total. The zero-order valence-corrected chi connectivity index (χ0v) is 75.1. The predicted octanol–water partition coefficient (Wildman–Crippen LogP) is 18.8. The first-order valence-corrected chi connectivity index (χ1v) is 44.4. The van der Waals surface area contributed by atoms with E-state index in [2.05, 4.69) is 109 Å². The van der Waals surface area contributed by atoms with Crippen molar-refractivity contribution in [2.75, 3.05) is 63.1 Å². The number of carbonyl (C=O) groups is 4. The Bertz CT molecular complexity index is 7130. The van der Waals surface area contributed by atoms with E-state index < -0.39 is 0 Å². The van der Waals surface area contributed by atoms with Crippen LogP contribution in [0.2, 0.25) is 0 Å². The largest absolute Gasteiger partial charge is 0.497 e. The van der Waals surface area contributed by atoms with Crippen LogP contribution in [0.15, 0.2) is 278 Å². The maximum Gasteiger partial charge on any atom is 0.290 e. The quantitative estimate of drug-likeness (QED) is 0.123. The zero-order valence-electron chi connectivity index (χ0n) is 73.4. The molecule has 4 amide bonds. The third kappa shape index (κ3) is 16.6. The van der Waals surface area contributed by atoms with E-state index in [9.17, 15) is 19.2 Å². The van der Waals surface area contributed by atoms with E-state index in [1.165, 1.54) is 26.6 Å². The van der Waals surface area contributed by atoms with Crippen LogP contribution in [-0.2, 0) is 45.7 Å². The first-order chi connectivity index (χ1) is 63.3. The average molecular weight is 1760 g/mol. The smallest absolute Gasteiger partial charge is 0.290 e. The summed E-state index contributed by atoms with van der Waals surface area (Å²) < 4.78 is 31.6. The second kappa shape index (κ2) is 36.8. The highest BCUT2D eigenvalue weighted by Gasteiger charge is 2.36. The predicted molar refractivity (Wildman–Crippen MR) is 506 cm³/mol. The number of hydrogen-bond donors (Lipinski definition) is 0. The van der Waals surface area contributed by atoms with E-state index in [0.29, 0.717) is 72.6 Å². The Balaban J connectivity index is 0.000000107. The summed E-state index contributed by atoms with van der Waals surface area (Å²) in [6.45, 7) is 15.0. The van der Waals surface area contributed by atoms with Gasteiger partial charge in [0.25, 0.3) is 23.6 Å². The van der Waals surface area contributed by atoms with E-state index in [1.807, 2.05) is 228 Å². The van der Waals surface area contributed by atoms with Crippen LogP contribution in [0.25, 0.3) is 95.3 Å². The molecule has 652 valence electrons. The molecule has 0 N–H and O–H groups in total. The van der Waals surface area contributed by atoms with Gasteiger partial charge in [0.2, 0.25) is 0 Å². The lowest BCUT2D eigenvalue weighted by Crippen LogP contribution is -2.30. The Labute approximate surface area is 759 Å². The number of benzene rings is 7. The van der Waals surface area contributed by atoms with Crippen LogP contribution in [0.5, 0.6) is 17.2 Å². The fourth-order valence-electron chi connectivity index (χ4n) is 16.9. The molecule has 0 saturated heterocycles. The number of ether oxygens (including phenoxy) is 3. The topological polar surface area (TPSA) is 243 Å². The van der Waals surface area contributed by atoms with Gasteiger partial charge in [-0.2, -0.15) is 25.5 Å². The molecule has 0 atom stereocenters. The van der Waals surface area contributed by atoms with Gasteiger partial charge < -0.3 is 48.0 Å². The van der Waals surface area contributed by atoms with Crippen molar-refractivity contribution in [1.29, 1.82) is 0 Å². The van der Waals surface area contributed by atoms with E-state index >= 15 is 0 Å². The van der Waals surface area contributed by atoms with Gasteiger partial charge in [0.15, 0.2) is 23.1 Å². The fourth-order valence-corrected chi connectivity index (χ4v) is 18.7. The number of thiophene rings is 2. The van der Waals surface area contributed by atoms with Crippen molar-refractivity contribution in [2.45, 2.75) is 65.5 Å². The summed E-state index contributed by atoms with van der Waals surface area (Å²) in [5, 5.41) is 28.6. The van der Waals surface area contributed by atoms with Crippen LogP contribution in [0.1, 0.15) is 117 Å². The number of amides is 4. The Morgan fingerprint density at radius 3 is 1.77 bits per heavy atom. The summed E-state index contributed by atoms with van der Waals surface area (Å²) in [4.78, 5) is 74.6. The third-order valence-corrected chi connectivity index (χ3v) is 25.5. The van der Waals surface area contributed by atoms with Crippen LogP contribution in [-0.4, -0.2) is 175 Å². The standard InChI is InChI=1S/C27H25N3O4.C23H23NO2.C15H12N4O.C14H11N3OS.C12H12N4.C11H11N3S/c1-29-16-18-14-22(33-3)23(34-4)15-21(18)24-25(17-10-12-20(32-2)13-11-17)28-30(26(24)27(29)31)19-8-6-5-7-9-19;1-2-3-13-24-16-18-11-7-8-12-20(18)21-15-19(26-22(21)23(24)25)14-17-9-5-4-6-10-17;1-18-9-11-8-10-4-2-3-5-12(10)17-14(11)19-13(15(18)20)6-7-16-19;1-16-8-12-11(6-7-19-12)17-13(14(16)18)9-4-2-3-5-10(9)15-17;1-9-11-5-7-14-16(11)12-4-3-6-13-10(12)8-15(9)2;1-8-9-3-5-12-14(9)10-4-6-15-11(10)7-13(8)2/h5-15H,16H2,1-4H3;4-12,15H,2-3,13-14,16H2,1H3;2-8H,9H2,1H3;2-7H,8H2,1H3;3-7H,1,8H2,2H3;3-6H,1,7H2,2H3. The summed E-state index contributed by atoms with van der Waals surface area (Å²) in [5.41, 5.74) is 22.2. The molecule has 6 aliphatic rings. The molecular formula is C102H94N18O8S2. The molecule has 23 rings (SSSR count). The molecule has 6 aliphatic heterocycles. The van der Waals surface area contributed by atoms with Crippen LogP contribution in [0, 0.1) is 0 Å². The number of para-hydroxylation sites is 2. The number of rotatable bonds is 10. The number of unbranched alkanes of at least 4 members (excludes halogenated alkanes) is 1. The molecule has 28 heteroatoms. The lowest BCUT2D eigenvalue weighted by Gasteiger charge is -2.20. The minimum Gasteiger partial charge on any atom is -0.497 e. The van der Waals surface area contributed by atoms with Gasteiger partial charge in [-0.25, -0.2) is 28.4 Å². The number of carbonyl (C=O) groups excluding carboxylic acids is 4. The molecule has 17 aromatic rings. The number of fused-ring (bicyclic) bond motifs is 21. The number of pyridine rings is 2. The number of nitrogens with zero attached hydrogens (tertiary/aromatic N) is 18. The summed E-state index contributed by atoms with van der Waals surface area (Å²) in [6, 6.07) is 73.4. The highest BCUT2D eigenvalue weighted by atomic mass is 32.1. The van der Waals surface area contributed by atoms with Crippen LogP contribution >= 0.6 is 22.7 Å². The van der Waals surface area contributed by atoms with Crippen LogP contribution in [0.4, 0.5) is 0 Å². The normalized spacial score (nSPS) is 13.7. The maximum atomic E-state index is 13.7. The molecule has 7 aromatic carbocycles. The summed E-state index contributed by atoms with van der Waals surface area (Å²) in [5.74, 6) is 3.90. The van der Waals surface area contributed by atoms with Gasteiger partial charge in [-0.15, -0.1) is 22.7 Å². The fraction of sp³-hybridized carbons (Fsp3) is 0.186. The molecule has 0 saturated carbocycles. The van der Waals surface area contributed by atoms with Crippen LogP contribution < -0.4 is 14.2 Å². The maximum absolute atomic E-state index is 13.7. The number of methoxy groups -OCH3 is 3. The van der Waals surface area contributed by atoms with E-state index in [-0.39, 0.29) is 23.6 Å². The van der Waals surface area contributed by atoms with E-state index in [0.717, 1.165) is 156 Å². The third-order valence-electron chi connectivity index (χ3n) is 23.7. The Morgan fingerprint density at radius 2 is 1.05 bits per heavy atom. The van der Waals surface area contributed by atoms with Crippen molar-refractivity contribution in [3.05, 3.63) is 351 Å². The van der Waals surface area contributed by atoms with Gasteiger partial charge in [0, 0.05) is 117 Å². The van der Waals surface area contributed by atoms with Crippen molar-refractivity contribution in [3.63, 3.8) is 0 Å². The van der Waals surface area contributed by atoms with Gasteiger partial charge in [0.05, 0.1) is 122 Å². The van der Waals surface area contributed by atoms with Crippen molar-refractivity contribution in [1.82, 2.24) is 88.3 Å². The van der Waals surface area contributed by atoms with Crippen molar-refractivity contribution in [3.8, 4) is 79.3 Å². The average Bonchev–Trinajstić information content (AvgIpc) is 1.58. The lowest BCUT2D eigenvalue weighted by atomic mass is 9.95. The molecule has 16 heterocycles. The van der Waals surface area contributed by atoms with Gasteiger partial charge in [-0.05, 0) is 160 Å². The SMILES string of the molecule is C=C1c2ccnn2-c2cccnc2CN1C.C=C1c2ccnn2-c2ccsc2CN1C.CCCCN1Cc2ccccc2-c2cc(Cc3ccccc3)oc2C1=O.CN1Cc2cc3ccccc3nc2-n2nccc2C1=O.CN1Cc2sccc2-n2nc3ccccc3c2C1=O.COc1ccc(-c2nn(-c3ccccc3)c3c2-c2cc(OC)c(OC)cc2CN(C)C3=O)cc1.